The van der Waals surface area contributed by atoms with E-state index in [1.165, 1.54) is 5.56 Å². The zero-order chi connectivity index (χ0) is 95.5. The van der Waals surface area contributed by atoms with Crippen LogP contribution in [0.1, 0.15) is 25.0 Å². The number of anilines is 3. The lowest BCUT2D eigenvalue weighted by molar-refractivity contribution is 0.632. The summed E-state index contributed by atoms with van der Waals surface area (Å²) in [5.41, 5.74) is 30.1. The molecule has 0 fully saturated rings. The van der Waals surface area contributed by atoms with Gasteiger partial charge in [0, 0.05) is 116 Å². The largest absolute Gasteiger partial charge is 0.456 e. The molecule has 0 radical (unpaired) electrons. The first-order valence-corrected chi connectivity index (χ1v) is 49.1. The number of fused-ring (bicyclic) bond motifs is 25. The SMILES string of the molecule is CC1(C)c2ccccc2N(c2ccc3c(=O)c4ccccc4oc3c2)c2ccc(-c3ccc(-c4nc(-c5ccccc5)nc(-n5c6cccc(-c7ccc(-c8ccc(-c9nc(-n%10c%11ccccc%11c%11ccc%12c%13ccccc%13n(-c%13ccccc%13)c%12c%11%10)nc(-n%10c%11ccccc%11c%11ccc%12c%13ccccc%13n(-c%13ccccc%13)c%12c%11%10)n9)cc8)cc7)c6c6ccc7c8ccccc8n(-c8ccccc8)c7c65)n4)cc3)cc21. The summed E-state index contributed by atoms with van der Waals surface area (Å²) in [6, 6.07) is 161. The van der Waals surface area contributed by atoms with E-state index in [9.17, 15) is 4.79 Å². The molecule has 678 valence electrons. The molecular weight excluding hydrogens is 1780 g/mol. The van der Waals surface area contributed by atoms with Crippen LogP contribution >= 0.6 is 0 Å². The second-order valence-electron chi connectivity index (χ2n) is 38.3. The van der Waals surface area contributed by atoms with Crippen LogP contribution in [0.25, 0.3) is 255 Å². The van der Waals surface area contributed by atoms with E-state index >= 15 is 0 Å². The molecule has 0 saturated carbocycles. The van der Waals surface area contributed by atoms with Gasteiger partial charge in [0.15, 0.2) is 17.5 Å². The Hall–Kier alpha value is -19.5. The monoisotopic (exact) mass is 1860 g/mol. The third-order valence-corrected chi connectivity index (χ3v) is 30.1. The van der Waals surface area contributed by atoms with Crippen molar-refractivity contribution >= 4 is 170 Å². The molecule has 145 heavy (non-hydrogen) atoms. The Morgan fingerprint density at radius 2 is 0.545 bits per heavy atom. The Balaban J connectivity index is 0.566. The van der Waals surface area contributed by atoms with Crippen molar-refractivity contribution in [3.8, 4) is 102 Å². The van der Waals surface area contributed by atoms with Crippen LogP contribution in [0, 0.1) is 0 Å². The third-order valence-electron chi connectivity index (χ3n) is 30.1. The van der Waals surface area contributed by atoms with Gasteiger partial charge in [0.1, 0.15) is 11.2 Å². The van der Waals surface area contributed by atoms with Crippen LogP contribution in [0.2, 0.25) is 0 Å². The van der Waals surface area contributed by atoms with Gasteiger partial charge in [-0.2, -0.15) is 24.9 Å². The summed E-state index contributed by atoms with van der Waals surface area (Å²) < 4.78 is 20.6. The lowest BCUT2D eigenvalue weighted by atomic mass is 9.73. The summed E-state index contributed by atoms with van der Waals surface area (Å²) in [6.45, 7) is 4.61. The van der Waals surface area contributed by atoms with Gasteiger partial charge < -0.3 is 23.0 Å². The predicted octanol–water partition coefficient (Wildman–Crippen LogP) is 32.0. The van der Waals surface area contributed by atoms with Crippen LogP contribution in [0.5, 0.6) is 0 Å². The molecule has 0 unspecified atom stereocenters. The Morgan fingerprint density at radius 3 is 1.03 bits per heavy atom. The van der Waals surface area contributed by atoms with Gasteiger partial charge in [-0.15, -0.1) is 0 Å². The summed E-state index contributed by atoms with van der Waals surface area (Å²) in [6.07, 6.45) is 0. The summed E-state index contributed by atoms with van der Waals surface area (Å²) in [5.74, 6) is 3.00. The molecular formula is C130H81N13O2. The zero-order valence-corrected chi connectivity index (χ0v) is 78.4. The average molecular weight is 1860 g/mol. The van der Waals surface area contributed by atoms with Crippen molar-refractivity contribution in [2.75, 3.05) is 4.90 Å². The van der Waals surface area contributed by atoms with Gasteiger partial charge in [-0.05, 0) is 160 Å². The maximum atomic E-state index is 13.9. The fourth-order valence-electron chi connectivity index (χ4n) is 23.5. The lowest BCUT2D eigenvalue weighted by Crippen LogP contribution is -2.30. The van der Waals surface area contributed by atoms with Crippen molar-refractivity contribution in [1.82, 2.24) is 57.3 Å². The van der Waals surface area contributed by atoms with Crippen molar-refractivity contribution in [1.29, 1.82) is 0 Å². The van der Waals surface area contributed by atoms with Crippen LogP contribution in [0.3, 0.4) is 0 Å². The molecule has 0 N–H and O–H groups in total. The minimum absolute atomic E-state index is 0.0476. The molecule has 15 heteroatoms. The van der Waals surface area contributed by atoms with Crippen molar-refractivity contribution < 1.29 is 4.42 Å². The number of para-hydroxylation sites is 10. The van der Waals surface area contributed by atoms with Crippen LogP contribution in [-0.2, 0) is 5.41 Å². The zero-order valence-electron chi connectivity index (χ0n) is 78.4. The molecule has 30 rings (SSSR count). The smallest absolute Gasteiger partial charge is 0.240 e. The minimum Gasteiger partial charge on any atom is -0.456 e. The second kappa shape index (κ2) is 31.5. The average Bonchev–Trinajstić information content (AvgIpc) is 1.59. The quantitative estimate of drug-likeness (QED) is 0.103. The maximum Gasteiger partial charge on any atom is 0.240 e. The van der Waals surface area contributed by atoms with E-state index in [1.54, 1.807) is 0 Å². The van der Waals surface area contributed by atoms with Gasteiger partial charge in [0.2, 0.25) is 23.3 Å². The molecule has 0 amide bonds. The van der Waals surface area contributed by atoms with E-state index in [4.69, 9.17) is 34.3 Å². The molecule has 15 nitrogen and oxygen atoms in total. The molecule has 9 aromatic heterocycles. The number of nitrogens with zero attached hydrogens (tertiary/aromatic N) is 13. The number of hydrogen-bond acceptors (Lipinski definition) is 9. The van der Waals surface area contributed by atoms with Crippen LogP contribution < -0.4 is 10.3 Å². The van der Waals surface area contributed by atoms with E-state index in [0.717, 1.165) is 221 Å². The van der Waals surface area contributed by atoms with Crippen molar-refractivity contribution in [2.24, 2.45) is 0 Å². The summed E-state index contributed by atoms with van der Waals surface area (Å²) in [7, 11) is 0. The normalized spacial score (nSPS) is 12.7. The highest BCUT2D eigenvalue weighted by Crippen LogP contribution is 2.55. The summed E-state index contributed by atoms with van der Waals surface area (Å²) in [4.78, 5) is 50.4. The summed E-state index contributed by atoms with van der Waals surface area (Å²) >= 11 is 0. The first-order valence-electron chi connectivity index (χ1n) is 49.1. The predicted molar refractivity (Wildman–Crippen MR) is 592 cm³/mol. The fraction of sp³-hybridized carbons (Fsp3) is 0.0231. The van der Waals surface area contributed by atoms with Crippen molar-refractivity contribution in [3.05, 3.63) is 476 Å². The van der Waals surface area contributed by atoms with Gasteiger partial charge in [0.25, 0.3) is 0 Å². The van der Waals surface area contributed by atoms with Gasteiger partial charge >= 0.3 is 0 Å². The topological polar surface area (TPSA) is 140 Å². The first-order chi connectivity index (χ1) is 71.6. The van der Waals surface area contributed by atoms with Gasteiger partial charge in [0.05, 0.1) is 88.3 Å². The molecule has 29 aromatic rings. The van der Waals surface area contributed by atoms with E-state index < -0.39 is 5.41 Å². The number of hydrogen-bond donors (Lipinski definition) is 0. The molecule has 0 spiro atoms. The van der Waals surface area contributed by atoms with Crippen LogP contribution in [0.4, 0.5) is 17.1 Å². The molecule has 0 aliphatic carbocycles. The Bertz CT molecular complexity index is 10300. The van der Waals surface area contributed by atoms with E-state index in [-0.39, 0.29) is 5.43 Å². The van der Waals surface area contributed by atoms with Gasteiger partial charge in [-0.25, -0.2) is 4.98 Å². The van der Waals surface area contributed by atoms with E-state index in [0.29, 0.717) is 57.3 Å². The highest BCUT2D eigenvalue weighted by atomic mass is 16.3. The third kappa shape index (κ3) is 12.2. The summed E-state index contributed by atoms with van der Waals surface area (Å²) in [5, 5.41) is 14.3. The van der Waals surface area contributed by atoms with Crippen molar-refractivity contribution in [3.63, 3.8) is 0 Å². The van der Waals surface area contributed by atoms with E-state index in [2.05, 4.69) is 440 Å². The highest BCUT2D eigenvalue weighted by Gasteiger charge is 2.39. The molecule has 0 saturated heterocycles. The van der Waals surface area contributed by atoms with Crippen LogP contribution in [0.15, 0.2) is 464 Å². The minimum atomic E-state index is -0.397. The molecule has 1 aliphatic heterocycles. The number of benzene rings is 20. The molecule has 0 atom stereocenters. The molecule has 20 aromatic carbocycles. The maximum absolute atomic E-state index is 13.9. The number of rotatable bonds is 13. The lowest BCUT2D eigenvalue weighted by Gasteiger charge is -2.42. The first kappa shape index (κ1) is 81.5. The Labute approximate surface area is 828 Å². The molecule has 1 aliphatic rings. The van der Waals surface area contributed by atoms with Crippen molar-refractivity contribution in [2.45, 2.75) is 19.3 Å². The number of aromatic nitrogens is 12. The standard InChI is InChI=1S/C130H81N13O2/c1-130(2)104-45-21-27-51-111(104)137(89-67-68-102-115(77-89)145-114-53-28-20-43-101(114)123(102)144)112-75-66-85(76-105(112)130)80-58-64-83(65-59-80)125-131-124(82-30-7-3-8-31-82)132-127(133-125)143-113-52-29-44-90(116(113)103-74-73-98-93-40-17-24-48-108(93)140(119(98)122(103)143)88-36-13-6-14-37-88)81-60-54-78(55-61-81)79-56-62-84(63-57-79)126-134-128(141-109-49-25-18-41-94(109)99-71-69-96-91-38-15-22-46-106(91)138(117(96)120(99)141)86-32-9-4-10-33-86)136-129(135-126)142-110-50-26-19-42-95(110)100-72-70-97-92-39-16-23-47-107(92)139(118(97)121(100)142)87-34-11-5-12-35-87/h3-77H,1-2H3. The Kier molecular flexibility index (Phi) is 17.7. The van der Waals surface area contributed by atoms with Gasteiger partial charge in [-0.3, -0.25) is 18.5 Å². The van der Waals surface area contributed by atoms with Gasteiger partial charge in [-0.1, -0.05) is 347 Å². The molecule has 10 heterocycles. The second-order valence-corrected chi connectivity index (χ2v) is 38.3. The Morgan fingerprint density at radius 1 is 0.214 bits per heavy atom. The molecule has 0 bridgehead atoms. The van der Waals surface area contributed by atoms with Crippen LogP contribution in [-0.4, -0.2) is 57.3 Å². The fourth-order valence-corrected chi connectivity index (χ4v) is 23.5. The highest BCUT2D eigenvalue weighted by molar-refractivity contribution is 6.28. The van der Waals surface area contributed by atoms with E-state index in [1.807, 2.05) is 60.7 Å².